The van der Waals surface area contributed by atoms with Crippen molar-refractivity contribution in [2.45, 2.75) is 6.18 Å². The van der Waals surface area contributed by atoms with Crippen molar-refractivity contribution in [3.63, 3.8) is 0 Å². The highest BCUT2D eigenvalue weighted by atomic mass is 19.4. The van der Waals surface area contributed by atoms with Crippen LogP contribution in [0.15, 0.2) is 77.9 Å². The van der Waals surface area contributed by atoms with Crippen LogP contribution in [-0.2, 0) is 6.18 Å². The molecule has 7 heteroatoms. The molecule has 0 radical (unpaired) electrons. The molecular weight excluding hydrogens is 391 g/mol. The summed E-state index contributed by atoms with van der Waals surface area (Å²) < 4.78 is 38.8. The number of para-hydroxylation sites is 1. The molecule has 0 saturated carbocycles. The van der Waals surface area contributed by atoms with Crippen molar-refractivity contribution < 1.29 is 13.2 Å². The minimum Gasteiger partial charge on any atom is -0.340 e. The maximum Gasteiger partial charge on any atom is 0.416 e. The summed E-state index contributed by atoms with van der Waals surface area (Å²) in [4.78, 5) is 19.5. The van der Waals surface area contributed by atoms with Crippen molar-refractivity contribution in [2.24, 2.45) is 0 Å². The molecule has 4 rings (SSSR count). The van der Waals surface area contributed by atoms with Gasteiger partial charge in [-0.15, -0.1) is 0 Å². The van der Waals surface area contributed by atoms with Crippen molar-refractivity contribution in [3.05, 3.63) is 100 Å². The number of nitrogens with one attached hydrogen (secondary N) is 2. The average Bonchev–Trinajstić information content (AvgIpc) is 2.73. The predicted molar refractivity (Wildman–Crippen MR) is 112 cm³/mol. The number of halogens is 3. The van der Waals surface area contributed by atoms with Gasteiger partial charge >= 0.3 is 6.18 Å². The zero-order valence-corrected chi connectivity index (χ0v) is 15.6. The first kappa shape index (κ1) is 19.4. The fourth-order valence-corrected chi connectivity index (χ4v) is 3.11. The second-order valence-electron chi connectivity index (χ2n) is 6.61. The highest BCUT2D eigenvalue weighted by molar-refractivity contribution is 5.98. The first-order valence-electron chi connectivity index (χ1n) is 9.09. The molecule has 0 fully saturated rings. The quantitative estimate of drug-likeness (QED) is 0.446. The molecule has 0 aliphatic heterocycles. The number of aromatic amines is 1. The van der Waals surface area contributed by atoms with Gasteiger partial charge in [0.05, 0.1) is 10.9 Å². The smallest absolute Gasteiger partial charge is 0.340 e. The van der Waals surface area contributed by atoms with Crippen molar-refractivity contribution in [1.82, 2.24) is 9.97 Å². The molecule has 2 aromatic heterocycles. The Labute approximate surface area is 169 Å². The summed E-state index contributed by atoms with van der Waals surface area (Å²) in [5.41, 5.74) is 0.766. The van der Waals surface area contributed by atoms with Gasteiger partial charge in [0, 0.05) is 29.0 Å². The van der Waals surface area contributed by atoms with E-state index >= 15 is 0 Å². The Balaban J connectivity index is 1.74. The SMILES string of the molecule is O=c1[nH]ccc2c(/C=C/c3cccc(C(F)(F)F)c3)cnc(Nc3ccccc3)c12. The van der Waals surface area contributed by atoms with E-state index in [0.29, 0.717) is 27.7 Å². The minimum absolute atomic E-state index is 0.312. The van der Waals surface area contributed by atoms with Gasteiger partial charge in [-0.1, -0.05) is 42.5 Å². The lowest BCUT2D eigenvalue weighted by Crippen LogP contribution is -2.09. The molecule has 4 aromatic rings. The number of fused-ring (bicyclic) bond motifs is 1. The van der Waals surface area contributed by atoms with Gasteiger partial charge in [-0.3, -0.25) is 4.79 Å². The van der Waals surface area contributed by atoms with Crippen molar-refractivity contribution in [2.75, 3.05) is 5.32 Å². The van der Waals surface area contributed by atoms with Gasteiger partial charge in [-0.05, 0) is 35.9 Å². The Morgan fingerprint density at radius 2 is 1.77 bits per heavy atom. The van der Waals surface area contributed by atoms with E-state index in [-0.39, 0.29) is 5.56 Å². The van der Waals surface area contributed by atoms with Gasteiger partial charge < -0.3 is 10.3 Å². The van der Waals surface area contributed by atoms with Crippen LogP contribution in [0.1, 0.15) is 16.7 Å². The lowest BCUT2D eigenvalue weighted by molar-refractivity contribution is -0.137. The summed E-state index contributed by atoms with van der Waals surface area (Å²) in [6.45, 7) is 0. The van der Waals surface area contributed by atoms with Gasteiger partial charge in [0.25, 0.3) is 5.56 Å². The zero-order chi connectivity index (χ0) is 21.1. The van der Waals surface area contributed by atoms with E-state index in [0.717, 1.165) is 17.8 Å². The number of nitrogens with zero attached hydrogens (tertiary/aromatic N) is 1. The molecule has 0 spiro atoms. The Bertz CT molecular complexity index is 1280. The summed E-state index contributed by atoms with van der Waals surface area (Å²) in [7, 11) is 0. The van der Waals surface area contributed by atoms with Gasteiger partial charge in [0.2, 0.25) is 0 Å². The van der Waals surface area contributed by atoms with Crippen LogP contribution in [0.5, 0.6) is 0 Å². The van der Waals surface area contributed by atoms with Gasteiger partial charge in [-0.25, -0.2) is 4.98 Å². The van der Waals surface area contributed by atoms with Crippen LogP contribution < -0.4 is 10.9 Å². The summed E-state index contributed by atoms with van der Waals surface area (Å²) in [5.74, 6) is 0.397. The van der Waals surface area contributed by atoms with Crippen molar-refractivity contribution in [1.29, 1.82) is 0 Å². The monoisotopic (exact) mass is 407 g/mol. The first-order chi connectivity index (χ1) is 14.4. The van der Waals surface area contributed by atoms with E-state index in [9.17, 15) is 18.0 Å². The first-order valence-corrected chi connectivity index (χ1v) is 9.09. The fraction of sp³-hybridized carbons (Fsp3) is 0.0435. The summed E-state index contributed by atoms with van der Waals surface area (Å²) in [6.07, 6.45) is 1.92. The molecule has 0 atom stereocenters. The maximum atomic E-state index is 12.9. The molecule has 4 nitrogen and oxygen atoms in total. The molecule has 30 heavy (non-hydrogen) atoms. The third kappa shape index (κ3) is 4.10. The number of alkyl halides is 3. The van der Waals surface area contributed by atoms with Crippen LogP contribution in [0.3, 0.4) is 0 Å². The van der Waals surface area contributed by atoms with Crippen LogP contribution in [0, 0.1) is 0 Å². The number of benzene rings is 2. The van der Waals surface area contributed by atoms with Crippen LogP contribution in [-0.4, -0.2) is 9.97 Å². The fourth-order valence-electron chi connectivity index (χ4n) is 3.11. The van der Waals surface area contributed by atoms with Gasteiger partial charge in [-0.2, -0.15) is 13.2 Å². The summed E-state index contributed by atoms with van der Waals surface area (Å²) in [5, 5.41) is 4.14. The Hall–Kier alpha value is -3.87. The predicted octanol–water partition coefficient (Wildman–Crippen LogP) is 5.86. The second-order valence-corrected chi connectivity index (χ2v) is 6.61. The Kier molecular flexibility index (Phi) is 5.10. The number of hydrogen-bond donors (Lipinski definition) is 2. The largest absolute Gasteiger partial charge is 0.416 e. The molecule has 150 valence electrons. The molecular formula is C23H16F3N3O. The molecule has 0 unspecified atom stereocenters. The molecule has 2 heterocycles. The van der Waals surface area contributed by atoms with E-state index in [1.54, 1.807) is 30.5 Å². The molecule has 0 aliphatic carbocycles. The van der Waals surface area contributed by atoms with E-state index < -0.39 is 11.7 Å². The van der Waals surface area contributed by atoms with Crippen molar-refractivity contribution >= 4 is 34.4 Å². The zero-order valence-electron chi connectivity index (χ0n) is 15.6. The van der Waals surface area contributed by atoms with Crippen LogP contribution in [0.4, 0.5) is 24.7 Å². The number of anilines is 2. The molecule has 0 aliphatic rings. The average molecular weight is 407 g/mol. The molecule has 0 bridgehead atoms. The Morgan fingerprint density at radius 3 is 2.53 bits per heavy atom. The van der Waals surface area contributed by atoms with Crippen molar-refractivity contribution in [3.8, 4) is 0 Å². The van der Waals surface area contributed by atoms with Crippen LogP contribution in [0.2, 0.25) is 0 Å². The number of H-pyrrole nitrogens is 1. The lowest BCUT2D eigenvalue weighted by Gasteiger charge is -2.10. The number of aromatic nitrogens is 2. The topological polar surface area (TPSA) is 57.8 Å². The summed E-state index contributed by atoms with van der Waals surface area (Å²) in [6, 6.07) is 16.1. The maximum absolute atomic E-state index is 12.9. The van der Waals surface area contributed by atoms with E-state index in [1.807, 2.05) is 30.3 Å². The van der Waals surface area contributed by atoms with Crippen LogP contribution in [0.25, 0.3) is 22.9 Å². The Morgan fingerprint density at radius 1 is 0.967 bits per heavy atom. The normalized spacial score (nSPS) is 11.8. The minimum atomic E-state index is -4.41. The third-order valence-corrected chi connectivity index (χ3v) is 4.55. The molecule has 2 N–H and O–H groups in total. The standard InChI is InChI=1S/C23H16F3N3O/c24-23(25,26)17-6-4-5-15(13-17)9-10-16-14-28-21(29-18-7-2-1-3-8-18)20-19(16)11-12-27-22(20)30/h1-14H,(H,27,30)(H,28,29)/b10-9+. The summed E-state index contributed by atoms with van der Waals surface area (Å²) >= 11 is 0. The highest BCUT2D eigenvalue weighted by Gasteiger charge is 2.30. The van der Waals surface area contributed by atoms with E-state index in [1.165, 1.54) is 12.3 Å². The van der Waals surface area contributed by atoms with E-state index in [4.69, 9.17) is 0 Å². The lowest BCUT2D eigenvalue weighted by atomic mass is 10.1. The molecule has 2 aromatic carbocycles. The van der Waals surface area contributed by atoms with E-state index in [2.05, 4.69) is 15.3 Å². The number of hydrogen-bond acceptors (Lipinski definition) is 3. The third-order valence-electron chi connectivity index (χ3n) is 4.55. The van der Waals surface area contributed by atoms with Crippen LogP contribution >= 0.6 is 0 Å². The van der Waals surface area contributed by atoms with Gasteiger partial charge in [0.15, 0.2) is 0 Å². The second kappa shape index (κ2) is 7.87. The van der Waals surface area contributed by atoms with Gasteiger partial charge in [0.1, 0.15) is 5.82 Å². The molecule has 0 amide bonds. The number of rotatable bonds is 4. The highest BCUT2D eigenvalue weighted by Crippen LogP contribution is 2.30. The number of pyridine rings is 2. The molecule has 0 saturated heterocycles.